The lowest BCUT2D eigenvalue weighted by molar-refractivity contribution is 0.468. The Labute approximate surface area is 72.2 Å². The average Bonchev–Trinajstić information content (AvgIpc) is 2.07. The topological polar surface area (TPSA) is 32.3 Å². The Morgan fingerprint density at radius 1 is 1.50 bits per heavy atom. The molecule has 0 fully saturated rings. The van der Waals surface area contributed by atoms with Crippen LogP contribution >= 0.6 is 0 Å². The Hall–Kier alpha value is -1.02. The van der Waals surface area contributed by atoms with Crippen molar-refractivity contribution >= 4 is 0 Å². The molecule has 0 spiro atoms. The van der Waals surface area contributed by atoms with Gasteiger partial charge in [-0.2, -0.15) is 0 Å². The number of hydrogen-bond acceptors (Lipinski definition) is 2. The van der Waals surface area contributed by atoms with Gasteiger partial charge < -0.3 is 10.4 Å². The number of fused-ring (bicyclic) bond motifs is 1. The highest BCUT2D eigenvalue weighted by molar-refractivity contribution is 5.38. The lowest BCUT2D eigenvalue weighted by Crippen LogP contribution is -2.27. The molecule has 0 bridgehead atoms. The number of rotatable bonds is 0. The van der Waals surface area contributed by atoms with Crippen LogP contribution in [-0.4, -0.2) is 11.7 Å². The van der Waals surface area contributed by atoms with Gasteiger partial charge in [0.25, 0.3) is 0 Å². The third-order valence-electron chi connectivity index (χ3n) is 2.44. The summed E-state index contributed by atoms with van der Waals surface area (Å²) < 4.78 is 0. The molecule has 0 amide bonds. The molecule has 2 N–H and O–H groups in total. The SMILES string of the molecule is C[C@@H]1NCCc2ccc(O)cc21. The molecule has 0 saturated heterocycles. The molecule has 0 aromatic heterocycles. The molecule has 2 heteroatoms. The Morgan fingerprint density at radius 3 is 3.17 bits per heavy atom. The number of aromatic hydroxyl groups is 1. The van der Waals surface area contributed by atoms with Gasteiger partial charge in [-0.05, 0) is 43.1 Å². The summed E-state index contributed by atoms with van der Waals surface area (Å²) in [5.41, 5.74) is 2.60. The molecule has 0 radical (unpaired) electrons. The van der Waals surface area contributed by atoms with Gasteiger partial charge in [0.2, 0.25) is 0 Å². The van der Waals surface area contributed by atoms with Crippen LogP contribution in [0.5, 0.6) is 5.75 Å². The summed E-state index contributed by atoms with van der Waals surface area (Å²) >= 11 is 0. The maximum atomic E-state index is 9.28. The van der Waals surface area contributed by atoms with Crippen molar-refractivity contribution in [3.63, 3.8) is 0 Å². The van der Waals surface area contributed by atoms with Crippen LogP contribution in [0.2, 0.25) is 0 Å². The van der Waals surface area contributed by atoms with Crippen LogP contribution < -0.4 is 5.32 Å². The second kappa shape index (κ2) is 2.79. The normalized spacial score (nSPS) is 21.9. The zero-order valence-electron chi connectivity index (χ0n) is 7.17. The van der Waals surface area contributed by atoms with Gasteiger partial charge in [0.1, 0.15) is 5.75 Å². The largest absolute Gasteiger partial charge is 0.508 e. The first-order valence-corrected chi connectivity index (χ1v) is 4.32. The molecule has 12 heavy (non-hydrogen) atoms. The van der Waals surface area contributed by atoms with Gasteiger partial charge in [-0.1, -0.05) is 6.07 Å². The number of benzene rings is 1. The van der Waals surface area contributed by atoms with Crippen LogP contribution in [0.25, 0.3) is 0 Å². The second-order valence-electron chi connectivity index (χ2n) is 3.31. The van der Waals surface area contributed by atoms with E-state index in [1.807, 2.05) is 12.1 Å². The fourth-order valence-electron chi connectivity index (χ4n) is 1.75. The average molecular weight is 163 g/mol. The second-order valence-corrected chi connectivity index (χ2v) is 3.31. The van der Waals surface area contributed by atoms with Crippen molar-refractivity contribution in [2.24, 2.45) is 0 Å². The quantitative estimate of drug-likeness (QED) is 0.609. The van der Waals surface area contributed by atoms with Gasteiger partial charge in [-0.25, -0.2) is 0 Å². The van der Waals surface area contributed by atoms with Gasteiger partial charge in [0.15, 0.2) is 0 Å². The van der Waals surface area contributed by atoms with E-state index in [0.717, 1.165) is 13.0 Å². The van der Waals surface area contributed by atoms with Crippen LogP contribution in [-0.2, 0) is 6.42 Å². The number of phenols is 1. The standard InChI is InChI=1S/C10H13NO/c1-7-10-6-9(12)3-2-8(10)4-5-11-7/h2-3,6-7,11-12H,4-5H2,1H3/t7-/m0/s1. The Balaban J connectivity index is 2.47. The first-order valence-electron chi connectivity index (χ1n) is 4.32. The molecule has 1 aliphatic rings. The zero-order chi connectivity index (χ0) is 8.55. The molecule has 1 aliphatic heterocycles. The van der Waals surface area contributed by atoms with Crippen molar-refractivity contribution < 1.29 is 5.11 Å². The summed E-state index contributed by atoms with van der Waals surface area (Å²) in [5, 5.41) is 12.6. The zero-order valence-corrected chi connectivity index (χ0v) is 7.17. The smallest absolute Gasteiger partial charge is 0.115 e. The van der Waals surface area contributed by atoms with E-state index in [1.54, 1.807) is 6.07 Å². The molecule has 64 valence electrons. The Morgan fingerprint density at radius 2 is 2.33 bits per heavy atom. The first-order chi connectivity index (χ1) is 5.77. The third-order valence-corrected chi connectivity index (χ3v) is 2.44. The predicted molar refractivity (Wildman–Crippen MR) is 48.2 cm³/mol. The van der Waals surface area contributed by atoms with Crippen LogP contribution in [0.3, 0.4) is 0 Å². The molecule has 1 atom stereocenters. The molecule has 0 saturated carbocycles. The van der Waals surface area contributed by atoms with Crippen molar-refractivity contribution in [3.8, 4) is 5.75 Å². The number of hydrogen-bond donors (Lipinski definition) is 2. The van der Waals surface area contributed by atoms with Crippen molar-refractivity contribution in [2.45, 2.75) is 19.4 Å². The van der Waals surface area contributed by atoms with Crippen LogP contribution in [0.4, 0.5) is 0 Å². The van der Waals surface area contributed by atoms with E-state index in [2.05, 4.69) is 12.2 Å². The summed E-state index contributed by atoms with van der Waals surface area (Å²) in [6.07, 6.45) is 1.07. The molecule has 0 unspecified atom stereocenters. The lowest BCUT2D eigenvalue weighted by atomic mass is 9.95. The fraction of sp³-hybridized carbons (Fsp3) is 0.400. The Bertz CT molecular complexity index is 296. The molecule has 1 heterocycles. The Kier molecular flexibility index (Phi) is 1.77. The highest BCUT2D eigenvalue weighted by Gasteiger charge is 2.15. The summed E-state index contributed by atoms with van der Waals surface area (Å²) in [5.74, 6) is 0.365. The van der Waals surface area contributed by atoms with E-state index in [-0.39, 0.29) is 0 Å². The van der Waals surface area contributed by atoms with Crippen LogP contribution in [0, 0.1) is 0 Å². The van der Waals surface area contributed by atoms with E-state index in [1.165, 1.54) is 11.1 Å². The maximum absolute atomic E-state index is 9.28. The highest BCUT2D eigenvalue weighted by atomic mass is 16.3. The summed E-state index contributed by atoms with van der Waals surface area (Å²) in [6.45, 7) is 3.16. The molecule has 1 aromatic rings. The van der Waals surface area contributed by atoms with E-state index < -0.39 is 0 Å². The molecular formula is C10H13NO. The van der Waals surface area contributed by atoms with E-state index in [4.69, 9.17) is 0 Å². The molecule has 1 aromatic carbocycles. The molecule has 2 rings (SSSR count). The molecular weight excluding hydrogens is 150 g/mol. The summed E-state index contributed by atoms with van der Waals surface area (Å²) in [6, 6.07) is 6.01. The summed E-state index contributed by atoms with van der Waals surface area (Å²) in [4.78, 5) is 0. The van der Waals surface area contributed by atoms with Crippen molar-refractivity contribution in [1.29, 1.82) is 0 Å². The third kappa shape index (κ3) is 1.18. The van der Waals surface area contributed by atoms with Crippen molar-refractivity contribution in [2.75, 3.05) is 6.54 Å². The van der Waals surface area contributed by atoms with E-state index in [9.17, 15) is 5.11 Å². The molecule has 0 aliphatic carbocycles. The van der Waals surface area contributed by atoms with E-state index >= 15 is 0 Å². The minimum Gasteiger partial charge on any atom is -0.508 e. The van der Waals surface area contributed by atoms with Crippen molar-refractivity contribution in [3.05, 3.63) is 29.3 Å². The number of nitrogens with one attached hydrogen (secondary N) is 1. The van der Waals surface area contributed by atoms with Gasteiger partial charge in [-0.15, -0.1) is 0 Å². The monoisotopic (exact) mass is 163 g/mol. The van der Waals surface area contributed by atoms with Crippen LogP contribution in [0.1, 0.15) is 24.1 Å². The van der Waals surface area contributed by atoms with Gasteiger partial charge in [0, 0.05) is 6.04 Å². The fourth-order valence-corrected chi connectivity index (χ4v) is 1.75. The number of phenolic OH excluding ortho intramolecular Hbond substituents is 1. The van der Waals surface area contributed by atoms with Gasteiger partial charge >= 0.3 is 0 Å². The summed E-state index contributed by atoms with van der Waals surface area (Å²) in [7, 11) is 0. The van der Waals surface area contributed by atoms with Crippen molar-refractivity contribution in [1.82, 2.24) is 5.32 Å². The van der Waals surface area contributed by atoms with E-state index in [0.29, 0.717) is 11.8 Å². The van der Waals surface area contributed by atoms with Crippen LogP contribution in [0.15, 0.2) is 18.2 Å². The predicted octanol–water partition coefficient (Wildman–Crippen LogP) is 1.60. The van der Waals surface area contributed by atoms with Gasteiger partial charge in [-0.3, -0.25) is 0 Å². The highest BCUT2D eigenvalue weighted by Crippen LogP contribution is 2.25. The maximum Gasteiger partial charge on any atom is 0.115 e. The minimum absolute atomic E-state index is 0.365. The molecule has 2 nitrogen and oxygen atoms in total. The van der Waals surface area contributed by atoms with Gasteiger partial charge in [0.05, 0.1) is 0 Å². The lowest BCUT2D eigenvalue weighted by Gasteiger charge is -2.23. The minimum atomic E-state index is 0.365. The first kappa shape index (κ1) is 7.62.